The van der Waals surface area contributed by atoms with Gasteiger partial charge in [0.1, 0.15) is 5.76 Å². The Bertz CT molecular complexity index is 764. The number of pyridine rings is 1. The number of hydrogen-bond acceptors (Lipinski definition) is 5. The van der Waals surface area contributed by atoms with Crippen molar-refractivity contribution in [2.24, 2.45) is 15.9 Å². The van der Waals surface area contributed by atoms with E-state index in [0.717, 1.165) is 28.5 Å². The number of aryl methyl sites for hydroxylation is 1. The first-order chi connectivity index (χ1) is 12.2. The summed E-state index contributed by atoms with van der Waals surface area (Å²) in [5.41, 5.74) is 1.98. The largest absolute Gasteiger partial charge is 0.468 e. The molecule has 3 rings (SSSR count). The highest BCUT2D eigenvalue weighted by Crippen LogP contribution is 2.12. The molecule has 9 heteroatoms. The molecule has 27 heavy (non-hydrogen) atoms. The van der Waals surface area contributed by atoms with Gasteiger partial charge in [-0.2, -0.15) is 11.8 Å². The van der Waals surface area contributed by atoms with Gasteiger partial charge >= 0.3 is 0 Å². The zero-order chi connectivity index (χ0) is 17.5. The first-order valence-electron chi connectivity index (χ1n) is 8.12. The van der Waals surface area contributed by atoms with Crippen LogP contribution in [-0.4, -0.2) is 35.4 Å². The lowest BCUT2D eigenvalue weighted by molar-refractivity contribution is -0.121. The summed E-state index contributed by atoms with van der Waals surface area (Å²) in [5, 5.41) is 2.77. The van der Waals surface area contributed by atoms with Crippen molar-refractivity contribution in [3.8, 4) is 0 Å². The van der Waals surface area contributed by atoms with E-state index in [2.05, 4.69) is 20.3 Å². The minimum atomic E-state index is -0.281. The Kier molecular flexibility index (Phi) is 10.1. The second-order valence-corrected chi connectivity index (χ2v) is 6.83. The van der Waals surface area contributed by atoms with Crippen LogP contribution < -0.4 is 5.32 Å². The fourth-order valence-corrected chi connectivity index (χ4v) is 3.08. The Hall–Kier alpha value is -1.83. The molecule has 1 amide bonds. The predicted octanol–water partition coefficient (Wildman–Crippen LogP) is 3.48. The van der Waals surface area contributed by atoms with Gasteiger partial charge < -0.3 is 4.42 Å². The van der Waals surface area contributed by atoms with E-state index < -0.39 is 0 Å². The molecule has 0 spiro atoms. The van der Waals surface area contributed by atoms with E-state index in [1.807, 2.05) is 31.2 Å². The third kappa shape index (κ3) is 7.36. The third-order valence-corrected chi connectivity index (χ3v) is 4.66. The highest BCUT2D eigenvalue weighted by Gasteiger charge is 2.22. The molecular formula is C18H22Cl2N4O2S. The lowest BCUT2D eigenvalue weighted by Gasteiger charge is -2.17. The van der Waals surface area contributed by atoms with Crippen LogP contribution in [0.2, 0.25) is 0 Å². The molecule has 2 aromatic rings. The lowest BCUT2D eigenvalue weighted by Crippen LogP contribution is -2.40. The van der Waals surface area contributed by atoms with Gasteiger partial charge in [0, 0.05) is 23.9 Å². The minimum absolute atomic E-state index is 0. The smallest absolute Gasteiger partial charge is 0.235 e. The van der Waals surface area contributed by atoms with Gasteiger partial charge in [-0.25, -0.2) is 4.99 Å². The molecule has 0 aliphatic carbocycles. The van der Waals surface area contributed by atoms with Crippen LogP contribution in [0.4, 0.5) is 0 Å². The number of aliphatic imine (C=N–C) groups is 2. The summed E-state index contributed by atoms with van der Waals surface area (Å²) in [5.74, 6) is 2.65. The number of nitrogens with zero attached hydrogens (tertiary/aromatic N) is 3. The molecule has 3 heterocycles. The Morgan fingerprint density at radius 2 is 2.15 bits per heavy atom. The molecule has 0 saturated heterocycles. The summed E-state index contributed by atoms with van der Waals surface area (Å²) in [4.78, 5) is 25.0. The Balaban J connectivity index is 0.00000182. The standard InChI is InChI=1S/C18H20N4O2S.2ClH/c1-13-4-5-14(10-20-13)9-15-11-21-18(22-17(15)23)19-6-8-25-12-16-3-2-7-24-16;;/h2-5,7,10-11,15H,6,8-9,12H2,1H3,(H,19,22,23);2*1H. The van der Waals surface area contributed by atoms with Crippen LogP contribution >= 0.6 is 36.6 Å². The van der Waals surface area contributed by atoms with E-state index >= 15 is 0 Å². The zero-order valence-corrected chi connectivity index (χ0v) is 17.3. The monoisotopic (exact) mass is 428 g/mol. The van der Waals surface area contributed by atoms with Gasteiger partial charge in [0.2, 0.25) is 11.9 Å². The number of rotatable bonds is 7. The summed E-state index contributed by atoms with van der Waals surface area (Å²) in [6, 6.07) is 7.77. The molecule has 0 fully saturated rings. The second-order valence-electron chi connectivity index (χ2n) is 5.72. The lowest BCUT2D eigenvalue weighted by atomic mass is 10.00. The quantitative estimate of drug-likeness (QED) is 0.684. The molecule has 146 valence electrons. The predicted molar refractivity (Wildman–Crippen MR) is 114 cm³/mol. The van der Waals surface area contributed by atoms with Crippen molar-refractivity contribution < 1.29 is 9.21 Å². The fourth-order valence-electron chi connectivity index (χ4n) is 2.35. The molecule has 1 N–H and O–H groups in total. The van der Waals surface area contributed by atoms with Gasteiger partial charge in [0.25, 0.3) is 0 Å². The first kappa shape index (κ1) is 23.2. The molecule has 0 bridgehead atoms. The number of hydrogen-bond donors (Lipinski definition) is 1. The van der Waals surface area contributed by atoms with Crippen LogP contribution in [0.25, 0.3) is 0 Å². The number of nitrogens with one attached hydrogen (secondary N) is 1. The highest BCUT2D eigenvalue weighted by molar-refractivity contribution is 7.98. The number of carbonyl (C=O) groups excluding carboxylic acids is 1. The van der Waals surface area contributed by atoms with Gasteiger partial charge in [-0.3, -0.25) is 20.1 Å². The maximum absolute atomic E-state index is 12.2. The minimum Gasteiger partial charge on any atom is -0.468 e. The molecule has 1 aliphatic rings. The van der Waals surface area contributed by atoms with Crippen LogP contribution in [-0.2, 0) is 17.0 Å². The van der Waals surface area contributed by atoms with Gasteiger partial charge in [0.05, 0.1) is 24.5 Å². The van der Waals surface area contributed by atoms with E-state index in [1.165, 1.54) is 0 Å². The van der Waals surface area contributed by atoms with Crippen molar-refractivity contribution in [1.82, 2.24) is 10.3 Å². The van der Waals surface area contributed by atoms with Crippen molar-refractivity contribution in [3.63, 3.8) is 0 Å². The van der Waals surface area contributed by atoms with Crippen molar-refractivity contribution >= 4 is 54.7 Å². The number of thioether (sulfide) groups is 1. The first-order valence-corrected chi connectivity index (χ1v) is 9.27. The van der Waals surface area contributed by atoms with Crippen molar-refractivity contribution in [3.05, 3.63) is 53.7 Å². The normalized spacial score (nSPS) is 17.1. The number of aromatic nitrogens is 1. The molecule has 0 radical (unpaired) electrons. The van der Waals surface area contributed by atoms with Crippen LogP contribution in [0.1, 0.15) is 17.0 Å². The van der Waals surface area contributed by atoms with Crippen LogP contribution in [0.15, 0.2) is 51.1 Å². The van der Waals surface area contributed by atoms with Crippen LogP contribution in [0, 0.1) is 12.8 Å². The summed E-state index contributed by atoms with van der Waals surface area (Å²) >= 11 is 1.73. The third-order valence-electron chi connectivity index (χ3n) is 3.70. The van der Waals surface area contributed by atoms with E-state index in [0.29, 0.717) is 18.9 Å². The zero-order valence-electron chi connectivity index (χ0n) is 14.8. The molecule has 0 saturated carbocycles. The van der Waals surface area contributed by atoms with Crippen molar-refractivity contribution in [2.75, 3.05) is 12.3 Å². The second kappa shape index (κ2) is 11.8. The topological polar surface area (TPSA) is 79.9 Å². The SMILES string of the molecule is Cc1ccc(CC2C=NC(=NCCSCc3ccco3)NC2=O)cn1.Cl.Cl. The van der Waals surface area contributed by atoms with Crippen molar-refractivity contribution in [2.45, 2.75) is 19.1 Å². The molecular weight excluding hydrogens is 407 g/mol. The maximum Gasteiger partial charge on any atom is 0.235 e. The molecule has 0 aromatic carbocycles. The van der Waals surface area contributed by atoms with Gasteiger partial charge in [-0.15, -0.1) is 24.8 Å². The molecule has 1 atom stereocenters. The Morgan fingerprint density at radius 3 is 2.81 bits per heavy atom. The highest BCUT2D eigenvalue weighted by atomic mass is 35.5. The van der Waals surface area contributed by atoms with E-state index in [1.54, 1.807) is 30.4 Å². The van der Waals surface area contributed by atoms with E-state index in [4.69, 9.17) is 4.42 Å². The Morgan fingerprint density at radius 1 is 1.30 bits per heavy atom. The van der Waals surface area contributed by atoms with E-state index in [9.17, 15) is 4.79 Å². The van der Waals surface area contributed by atoms with Crippen molar-refractivity contribution in [1.29, 1.82) is 0 Å². The average Bonchev–Trinajstić information content (AvgIpc) is 3.12. The number of carbonyl (C=O) groups is 1. The molecule has 6 nitrogen and oxygen atoms in total. The molecule has 1 aliphatic heterocycles. The summed E-state index contributed by atoms with van der Waals surface area (Å²) < 4.78 is 5.27. The molecule has 1 unspecified atom stereocenters. The number of guanidine groups is 1. The Labute approximate surface area is 175 Å². The summed E-state index contributed by atoms with van der Waals surface area (Å²) in [6.07, 6.45) is 5.74. The average molecular weight is 429 g/mol. The maximum atomic E-state index is 12.2. The van der Waals surface area contributed by atoms with Crippen LogP contribution in [0.5, 0.6) is 0 Å². The van der Waals surface area contributed by atoms with Gasteiger partial charge in [0.15, 0.2) is 0 Å². The summed E-state index contributed by atoms with van der Waals surface area (Å²) in [6.45, 7) is 2.54. The van der Waals surface area contributed by atoms with Crippen LogP contribution in [0.3, 0.4) is 0 Å². The van der Waals surface area contributed by atoms with E-state index in [-0.39, 0.29) is 36.6 Å². The van der Waals surface area contributed by atoms with Gasteiger partial charge in [-0.1, -0.05) is 6.07 Å². The number of amides is 1. The number of furan rings is 1. The summed E-state index contributed by atoms with van der Waals surface area (Å²) in [7, 11) is 0. The molecule has 2 aromatic heterocycles. The number of halogens is 2. The van der Waals surface area contributed by atoms with Gasteiger partial charge in [-0.05, 0) is 37.1 Å². The fraction of sp³-hybridized carbons (Fsp3) is 0.333.